The van der Waals surface area contributed by atoms with Gasteiger partial charge in [0, 0.05) is 5.56 Å². The number of rotatable bonds is 17. The van der Waals surface area contributed by atoms with Crippen molar-refractivity contribution in [1.29, 1.82) is 0 Å². The molecule has 0 saturated carbocycles. The van der Waals surface area contributed by atoms with Crippen LogP contribution in [0.5, 0.6) is 11.5 Å². The molecule has 0 bridgehead atoms. The van der Waals surface area contributed by atoms with E-state index in [0.29, 0.717) is 12.2 Å². The summed E-state index contributed by atoms with van der Waals surface area (Å²) in [5.41, 5.74) is 3.20. The predicted octanol–water partition coefficient (Wildman–Crippen LogP) is 10.3. The summed E-state index contributed by atoms with van der Waals surface area (Å²) in [6.07, 6.45) is 13.9. The maximum Gasteiger partial charge on any atom is 0.314 e. The van der Waals surface area contributed by atoms with Gasteiger partial charge in [-0.2, -0.15) is 0 Å². The Bertz CT molecular complexity index is 1070. The third-order valence-electron chi connectivity index (χ3n) is 10.00. The van der Waals surface area contributed by atoms with Crippen molar-refractivity contribution in [3.05, 3.63) is 22.3 Å². The Morgan fingerprint density at radius 3 is 1.98 bits per heavy atom. The van der Waals surface area contributed by atoms with Gasteiger partial charge in [0.05, 0.1) is 18.4 Å². The second-order valence-corrected chi connectivity index (χ2v) is 15.3. The first kappa shape index (κ1) is 37.1. The molecule has 1 aromatic rings. The van der Waals surface area contributed by atoms with Gasteiger partial charge in [-0.25, -0.2) is 0 Å². The monoisotopic (exact) mass is 600 g/mol. The lowest BCUT2D eigenvalue weighted by molar-refractivity contribution is -0.153. The van der Waals surface area contributed by atoms with E-state index in [4.69, 9.17) is 14.2 Å². The Labute approximate surface area is 264 Å². The van der Waals surface area contributed by atoms with Crippen LogP contribution in [0.4, 0.5) is 0 Å². The Morgan fingerprint density at radius 1 is 0.860 bits per heavy atom. The van der Waals surface area contributed by atoms with E-state index in [1.807, 2.05) is 20.8 Å². The van der Waals surface area contributed by atoms with Crippen molar-refractivity contribution in [3.63, 3.8) is 0 Å². The van der Waals surface area contributed by atoms with Gasteiger partial charge in [0.1, 0.15) is 17.1 Å². The summed E-state index contributed by atoms with van der Waals surface area (Å²) < 4.78 is 17.7. The Balaban J connectivity index is 1.94. The van der Waals surface area contributed by atoms with Gasteiger partial charge in [-0.15, -0.1) is 0 Å². The van der Waals surface area contributed by atoms with Crippen molar-refractivity contribution in [2.75, 3.05) is 7.11 Å². The average molecular weight is 601 g/mol. The topological polar surface area (TPSA) is 61.8 Å². The molecule has 246 valence electrons. The third-order valence-corrected chi connectivity index (χ3v) is 10.00. The van der Waals surface area contributed by atoms with Gasteiger partial charge in [-0.05, 0) is 108 Å². The fraction of sp³-hybridized carbons (Fsp3) is 0.789. The number of methoxy groups -OCH3 is 1. The summed E-state index contributed by atoms with van der Waals surface area (Å²) in [4.78, 5) is 25.3. The summed E-state index contributed by atoms with van der Waals surface area (Å²) in [5, 5.41) is 0. The maximum absolute atomic E-state index is 13.1. The van der Waals surface area contributed by atoms with Crippen LogP contribution < -0.4 is 9.47 Å². The molecule has 5 nitrogen and oxygen atoms in total. The number of esters is 2. The fourth-order valence-corrected chi connectivity index (χ4v) is 6.82. The van der Waals surface area contributed by atoms with E-state index in [2.05, 4.69) is 41.5 Å². The second-order valence-electron chi connectivity index (χ2n) is 15.3. The summed E-state index contributed by atoms with van der Waals surface area (Å²) in [5.74, 6) is 2.96. The van der Waals surface area contributed by atoms with E-state index >= 15 is 0 Å². The number of carbonyl (C=O) groups excluding carboxylic acids is 2. The molecule has 1 aliphatic rings. The summed E-state index contributed by atoms with van der Waals surface area (Å²) >= 11 is 0. The van der Waals surface area contributed by atoms with E-state index in [-0.39, 0.29) is 17.5 Å². The molecule has 0 amide bonds. The number of ether oxygens (including phenoxy) is 3. The normalized spacial score (nSPS) is 18.9. The van der Waals surface area contributed by atoms with E-state index in [1.54, 1.807) is 13.8 Å². The maximum atomic E-state index is 13.1. The average Bonchev–Trinajstić information content (AvgIpc) is 2.92. The van der Waals surface area contributed by atoms with Crippen LogP contribution in [0.1, 0.15) is 148 Å². The van der Waals surface area contributed by atoms with Crippen molar-refractivity contribution < 1.29 is 23.8 Å². The van der Waals surface area contributed by atoms with E-state index < -0.39 is 11.3 Å². The lowest BCUT2D eigenvalue weighted by Gasteiger charge is -2.38. The summed E-state index contributed by atoms with van der Waals surface area (Å²) in [6.45, 7) is 23.3. The molecular weight excluding hydrogens is 536 g/mol. The Hall–Kier alpha value is -2.04. The molecule has 0 N–H and O–H groups in total. The van der Waals surface area contributed by atoms with Crippen LogP contribution in [-0.2, 0) is 20.7 Å². The number of fused-ring (bicyclic) bond motifs is 1. The molecule has 0 spiro atoms. The highest BCUT2D eigenvalue weighted by atomic mass is 16.5. The molecular formula is C38H64O5. The van der Waals surface area contributed by atoms with Crippen molar-refractivity contribution in [2.45, 2.75) is 159 Å². The fourth-order valence-electron chi connectivity index (χ4n) is 6.82. The zero-order valence-corrected chi connectivity index (χ0v) is 29.8. The van der Waals surface area contributed by atoms with Gasteiger partial charge in [-0.3, -0.25) is 9.59 Å². The summed E-state index contributed by atoms with van der Waals surface area (Å²) in [6, 6.07) is 0. The molecule has 1 aromatic carbocycles. The van der Waals surface area contributed by atoms with Crippen LogP contribution in [0, 0.1) is 49.9 Å². The largest absolute Gasteiger partial charge is 0.487 e. The van der Waals surface area contributed by atoms with Gasteiger partial charge in [0.15, 0.2) is 0 Å². The first-order chi connectivity index (χ1) is 20.0. The van der Waals surface area contributed by atoms with E-state index in [1.165, 1.54) is 58.5 Å². The van der Waals surface area contributed by atoms with Crippen LogP contribution in [0.3, 0.4) is 0 Å². The van der Waals surface area contributed by atoms with Crippen molar-refractivity contribution in [3.8, 4) is 11.5 Å². The van der Waals surface area contributed by atoms with Crippen molar-refractivity contribution in [1.82, 2.24) is 0 Å². The summed E-state index contributed by atoms with van der Waals surface area (Å²) in [7, 11) is 1.38. The van der Waals surface area contributed by atoms with Crippen LogP contribution >= 0.6 is 0 Å². The molecule has 0 aromatic heterocycles. The van der Waals surface area contributed by atoms with Crippen LogP contribution in [0.15, 0.2) is 0 Å². The molecule has 2 rings (SSSR count). The number of benzene rings is 1. The molecule has 0 fully saturated rings. The highest BCUT2D eigenvalue weighted by molar-refractivity contribution is 5.80. The van der Waals surface area contributed by atoms with Gasteiger partial charge < -0.3 is 14.2 Å². The van der Waals surface area contributed by atoms with Crippen LogP contribution in [-0.4, -0.2) is 24.6 Å². The lowest BCUT2D eigenvalue weighted by Crippen LogP contribution is -2.37. The highest BCUT2D eigenvalue weighted by Gasteiger charge is 2.36. The van der Waals surface area contributed by atoms with Crippen LogP contribution in [0.2, 0.25) is 0 Å². The standard InChI is InChI=1S/C38H64O5/c1-25(2)16-13-17-26(3)18-14-19-27(4)20-15-22-38(11)23-21-32-31(8)33(29(6)30(7)34(32)43-38)42-35(39)28(5)24-37(9,10)36(40)41-12/h25-28H,13-24H2,1-12H3. The molecule has 4 unspecified atom stereocenters. The van der Waals surface area contributed by atoms with Gasteiger partial charge in [-0.1, -0.05) is 79.6 Å². The minimum absolute atomic E-state index is 0.173. The number of hydrogen-bond donors (Lipinski definition) is 0. The predicted molar refractivity (Wildman–Crippen MR) is 178 cm³/mol. The quantitative estimate of drug-likeness (QED) is 0.131. The van der Waals surface area contributed by atoms with Gasteiger partial charge in [0.2, 0.25) is 0 Å². The molecule has 0 radical (unpaired) electrons. The first-order valence-corrected chi connectivity index (χ1v) is 17.1. The SMILES string of the molecule is COC(=O)C(C)(C)CC(C)C(=O)Oc1c(C)c(C)c2c(c1C)CCC(C)(CCCC(C)CCCC(C)CCCC(C)C)O2. The van der Waals surface area contributed by atoms with E-state index in [9.17, 15) is 9.59 Å². The minimum Gasteiger partial charge on any atom is -0.487 e. The zero-order chi connectivity index (χ0) is 32.5. The van der Waals surface area contributed by atoms with Gasteiger partial charge in [0.25, 0.3) is 0 Å². The van der Waals surface area contributed by atoms with E-state index in [0.717, 1.165) is 65.0 Å². The van der Waals surface area contributed by atoms with Crippen LogP contribution in [0.25, 0.3) is 0 Å². The molecule has 1 heterocycles. The van der Waals surface area contributed by atoms with Crippen molar-refractivity contribution in [2.24, 2.45) is 29.1 Å². The minimum atomic E-state index is -0.759. The Morgan fingerprint density at radius 2 is 1.42 bits per heavy atom. The number of carbonyl (C=O) groups is 2. The molecule has 4 atom stereocenters. The highest BCUT2D eigenvalue weighted by Crippen LogP contribution is 2.45. The first-order valence-electron chi connectivity index (χ1n) is 17.1. The smallest absolute Gasteiger partial charge is 0.314 e. The second kappa shape index (κ2) is 16.3. The molecule has 5 heteroatoms. The Kier molecular flexibility index (Phi) is 14.1. The molecule has 1 aliphatic heterocycles. The third kappa shape index (κ3) is 10.8. The molecule has 0 aliphatic carbocycles. The molecule has 0 saturated heterocycles. The number of hydrogen-bond acceptors (Lipinski definition) is 5. The van der Waals surface area contributed by atoms with Gasteiger partial charge >= 0.3 is 11.9 Å². The lowest BCUT2D eigenvalue weighted by atomic mass is 9.83. The zero-order valence-electron chi connectivity index (χ0n) is 29.8. The van der Waals surface area contributed by atoms with Crippen molar-refractivity contribution >= 4 is 11.9 Å². The molecule has 43 heavy (non-hydrogen) atoms.